The van der Waals surface area contributed by atoms with Gasteiger partial charge in [0.25, 0.3) is 0 Å². The van der Waals surface area contributed by atoms with E-state index in [0.29, 0.717) is 12.8 Å². The van der Waals surface area contributed by atoms with Crippen LogP contribution >= 0.6 is 0 Å². The Hall–Kier alpha value is -8.76. The molecule has 0 saturated heterocycles. The molecule has 0 aromatic rings. The van der Waals surface area contributed by atoms with Crippen LogP contribution in [0.2, 0.25) is 0 Å². The van der Waals surface area contributed by atoms with Crippen LogP contribution in [-0.4, -0.2) is 200 Å². The van der Waals surface area contributed by atoms with Gasteiger partial charge in [0.05, 0.1) is 31.9 Å². The number of carboxylic acid groups (broad SMARTS) is 4. The van der Waals surface area contributed by atoms with Crippen molar-refractivity contribution < 1.29 is 97.5 Å². The van der Waals surface area contributed by atoms with Crippen LogP contribution in [0.5, 0.6) is 0 Å². The van der Waals surface area contributed by atoms with E-state index in [9.17, 15) is 97.5 Å². The fraction of sp³-hybridized carbons (Fsp3) is 0.698. The first-order valence-corrected chi connectivity index (χ1v) is 28.5. The van der Waals surface area contributed by atoms with Gasteiger partial charge in [0.2, 0.25) is 65.0 Å². The molecule has 0 saturated carbocycles. The lowest BCUT2D eigenvalue weighted by atomic mass is 9.95. The van der Waals surface area contributed by atoms with Crippen molar-refractivity contribution in [3.8, 4) is 0 Å². The van der Waals surface area contributed by atoms with Gasteiger partial charge in [0.1, 0.15) is 60.4 Å². The Labute approximate surface area is 508 Å². The number of guanidine groups is 1. The van der Waals surface area contributed by atoms with Crippen LogP contribution in [0.1, 0.15) is 133 Å². The van der Waals surface area contributed by atoms with Crippen molar-refractivity contribution in [2.75, 3.05) is 13.2 Å². The van der Waals surface area contributed by atoms with Crippen LogP contribution in [0.15, 0.2) is 4.99 Å². The predicted molar refractivity (Wildman–Crippen MR) is 311 cm³/mol. The van der Waals surface area contributed by atoms with Crippen molar-refractivity contribution in [1.82, 2.24) is 53.2 Å². The van der Waals surface area contributed by atoms with Gasteiger partial charge in [-0.1, -0.05) is 68.2 Å². The molecule has 11 amide bonds. The molecule has 88 heavy (non-hydrogen) atoms. The van der Waals surface area contributed by atoms with E-state index in [-0.39, 0.29) is 44.1 Å². The van der Waals surface area contributed by atoms with E-state index in [1.165, 1.54) is 13.8 Å². The first-order chi connectivity index (χ1) is 40.9. The lowest BCUT2D eigenvalue weighted by Crippen LogP contribution is -2.61. The number of carbonyl (C=O) groups is 15. The molecule has 23 N–H and O–H groups in total. The molecule has 13 atom stereocenters. The largest absolute Gasteiger partial charge is 0.481 e. The van der Waals surface area contributed by atoms with Gasteiger partial charge in [-0.2, -0.15) is 0 Å². The number of amides is 11. The average molecular weight is 1260 g/mol. The van der Waals surface area contributed by atoms with Gasteiger partial charge < -0.3 is 102 Å². The number of nitrogens with zero attached hydrogens (tertiary/aromatic N) is 1. The molecule has 0 unspecified atom stereocenters. The molecule has 0 spiro atoms. The number of aliphatic imine (C=N–C) groups is 1. The highest BCUT2D eigenvalue weighted by Gasteiger charge is 2.38. The zero-order chi connectivity index (χ0) is 67.9. The summed E-state index contributed by atoms with van der Waals surface area (Å²) in [5.41, 5.74) is 22.1. The number of hydrogen-bond donors (Lipinski definition) is 19. The van der Waals surface area contributed by atoms with E-state index in [4.69, 9.17) is 22.9 Å². The van der Waals surface area contributed by atoms with Crippen molar-refractivity contribution in [2.45, 2.75) is 199 Å². The summed E-state index contributed by atoms with van der Waals surface area (Å²) in [5.74, 6) is -21.1. The number of aliphatic hydroxyl groups is 1. The second kappa shape index (κ2) is 39.8. The van der Waals surface area contributed by atoms with E-state index < -0.39 is 212 Å². The van der Waals surface area contributed by atoms with E-state index in [1.807, 2.05) is 13.8 Å². The molecule has 0 heterocycles. The van der Waals surface area contributed by atoms with Gasteiger partial charge >= 0.3 is 23.9 Å². The number of primary amides is 1. The number of hydrogen-bond acceptors (Lipinski definition) is 18. The predicted octanol–water partition coefficient (Wildman–Crippen LogP) is -5.81. The Morgan fingerprint density at radius 3 is 1.24 bits per heavy atom. The molecular weight excluding hydrogens is 1170 g/mol. The molecule has 0 fully saturated rings. The number of aliphatic carboxylic acids is 4. The average Bonchev–Trinajstić information content (AvgIpc) is 3.64. The second-order valence-corrected chi connectivity index (χ2v) is 22.0. The summed E-state index contributed by atoms with van der Waals surface area (Å²) < 4.78 is 0. The summed E-state index contributed by atoms with van der Waals surface area (Å²) in [6.45, 7) is 13.3. The molecule has 35 heteroatoms. The monoisotopic (exact) mass is 1260 g/mol. The maximum Gasteiger partial charge on any atom is 0.326 e. The molecule has 0 radical (unpaired) electrons. The topological polar surface area (TPSA) is 594 Å². The Morgan fingerprint density at radius 1 is 0.420 bits per heavy atom. The first kappa shape index (κ1) is 79.2. The first-order valence-electron chi connectivity index (χ1n) is 28.5. The molecule has 0 aliphatic carbocycles. The Bertz CT molecular complexity index is 2490. The third-order valence-corrected chi connectivity index (χ3v) is 13.5. The van der Waals surface area contributed by atoms with Gasteiger partial charge in [-0.05, 0) is 62.7 Å². The van der Waals surface area contributed by atoms with Crippen molar-refractivity contribution >= 4 is 94.8 Å². The van der Waals surface area contributed by atoms with E-state index in [2.05, 4.69) is 58.2 Å². The number of nitrogens with two attached hydrogens (primary N) is 4. The summed E-state index contributed by atoms with van der Waals surface area (Å²) in [6, 6.07) is -18.4. The molecule has 0 aromatic heterocycles. The van der Waals surface area contributed by atoms with Gasteiger partial charge in [0.15, 0.2) is 5.96 Å². The highest BCUT2D eigenvalue weighted by Crippen LogP contribution is 2.15. The van der Waals surface area contributed by atoms with Crippen LogP contribution in [0, 0.1) is 23.7 Å². The van der Waals surface area contributed by atoms with E-state index in [1.54, 1.807) is 34.6 Å². The molecule has 0 aliphatic heterocycles. The minimum atomic E-state index is -2.15. The molecule has 498 valence electrons. The van der Waals surface area contributed by atoms with Crippen molar-refractivity contribution in [1.29, 1.82) is 0 Å². The fourth-order valence-corrected chi connectivity index (χ4v) is 8.20. The van der Waals surface area contributed by atoms with Gasteiger partial charge in [-0.15, -0.1) is 0 Å². The van der Waals surface area contributed by atoms with Crippen molar-refractivity contribution in [3.63, 3.8) is 0 Å². The van der Waals surface area contributed by atoms with Crippen LogP contribution in [-0.2, 0) is 71.9 Å². The number of rotatable bonds is 43. The third kappa shape index (κ3) is 30.5. The quantitative estimate of drug-likeness (QED) is 0.0154. The Morgan fingerprint density at radius 2 is 0.807 bits per heavy atom. The van der Waals surface area contributed by atoms with E-state index >= 15 is 0 Å². The Kier molecular flexibility index (Phi) is 35.9. The zero-order valence-electron chi connectivity index (χ0n) is 51.0. The molecular formula is C53H91N15O20. The van der Waals surface area contributed by atoms with Crippen LogP contribution in [0.4, 0.5) is 0 Å². The maximum absolute atomic E-state index is 14.0. The molecule has 0 rings (SSSR count). The third-order valence-electron chi connectivity index (χ3n) is 13.5. The van der Waals surface area contributed by atoms with Crippen LogP contribution in [0.3, 0.4) is 0 Å². The molecule has 0 aromatic carbocycles. The molecule has 35 nitrogen and oxygen atoms in total. The summed E-state index contributed by atoms with van der Waals surface area (Å²) >= 11 is 0. The van der Waals surface area contributed by atoms with Crippen LogP contribution < -0.4 is 76.1 Å². The highest BCUT2D eigenvalue weighted by atomic mass is 16.4. The lowest BCUT2D eigenvalue weighted by molar-refractivity contribution is -0.145. The smallest absolute Gasteiger partial charge is 0.326 e. The minimum Gasteiger partial charge on any atom is -0.481 e. The summed E-state index contributed by atoms with van der Waals surface area (Å²) in [7, 11) is 0. The standard InChI is InChI=1S/C53H91N15O20/c1-10-25(7)40(51(86)68-41(52(87)88)26(8)11-2)67-49(84)34(21-39(75)76)64-45(80)30(14-15-37(71)72)61-48(83)33(20-38(73)74)65-46(81)31(18-24(5)6)62-47(82)32(19-36(55)70)63-50(85)35(22-69)66-44(79)29(13-12-16-58-53(56)57)60-42(77)27(9)59-43(78)28(54)17-23(3)4/h23-35,40-41,69H,10-22,54H2,1-9H3,(H2,55,70)(H,59,78)(H,60,77)(H,61,83)(H,62,82)(H,63,85)(H,64,80)(H,65,81)(H,66,79)(H,67,84)(H,68,86)(H,71,72)(H,73,74)(H,75,76)(H,87,88)(H4,56,57,58)/t25-,26-,27-,28-,29-,30-,31-,32-,33-,34-,35-,40-,41-/m0/s1. The summed E-state index contributed by atoms with van der Waals surface area (Å²) in [6.07, 6.45) is -4.64. The normalized spacial score (nSPS) is 15.5. The maximum atomic E-state index is 14.0. The number of carboxylic acids is 4. The molecule has 0 bridgehead atoms. The Balaban J connectivity index is 6.86. The minimum absolute atomic E-state index is 0.0325. The van der Waals surface area contributed by atoms with Gasteiger partial charge in [-0.3, -0.25) is 72.1 Å². The number of nitrogens with one attached hydrogen (secondary N) is 10. The lowest BCUT2D eigenvalue weighted by Gasteiger charge is -2.29. The SMILES string of the molecule is CC[C@H](C)[C@H](NC(=O)[C@@H](NC(=O)[C@H](CC(=O)O)NC(=O)[C@H](CCC(=O)O)NC(=O)[C@H](CC(=O)O)NC(=O)[C@H](CC(C)C)NC(=O)[C@H](CC(N)=O)NC(=O)[C@H](CO)NC(=O)[C@H](CCCN=C(N)N)NC(=O)[C@H](C)NC(=O)[C@@H](N)CC(C)C)[C@@H](C)CC)C(=O)O. The van der Waals surface area contributed by atoms with Crippen molar-refractivity contribution in [2.24, 2.45) is 51.6 Å². The highest BCUT2D eigenvalue weighted by molar-refractivity contribution is 6.01. The van der Waals surface area contributed by atoms with Crippen LogP contribution in [0.25, 0.3) is 0 Å². The number of aliphatic hydroxyl groups excluding tert-OH is 1. The second-order valence-electron chi connectivity index (χ2n) is 22.0. The fourth-order valence-electron chi connectivity index (χ4n) is 8.20. The zero-order valence-corrected chi connectivity index (χ0v) is 51.0. The van der Waals surface area contributed by atoms with Gasteiger partial charge in [-0.25, -0.2) is 4.79 Å². The van der Waals surface area contributed by atoms with Crippen molar-refractivity contribution in [3.05, 3.63) is 0 Å². The summed E-state index contributed by atoms with van der Waals surface area (Å²) in [5, 5.41) is 71.7. The number of carbonyl (C=O) groups excluding carboxylic acids is 11. The van der Waals surface area contributed by atoms with Gasteiger partial charge in [0, 0.05) is 13.0 Å². The van der Waals surface area contributed by atoms with E-state index in [0.717, 1.165) is 0 Å². The summed E-state index contributed by atoms with van der Waals surface area (Å²) in [4.78, 5) is 200. The molecule has 0 aliphatic rings.